The Kier molecular flexibility index (Phi) is 7.35. The van der Waals surface area contributed by atoms with Gasteiger partial charge in [-0.1, -0.05) is 32.4 Å². The van der Waals surface area contributed by atoms with Crippen molar-refractivity contribution in [3.05, 3.63) is 11.6 Å². The van der Waals surface area contributed by atoms with E-state index in [1.54, 1.807) is 19.9 Å². The molecule has 0 N–H and O–H groups in total. The summed E-state index contributed by atoms with van der Waals surface area (Å²) in [6, 6.07) is 0. The lowest BCUT2D eigenvalue weighted by atomic mass is 10.2. The molecule has 0 saturated carbocycles. The topological polar surface area (TPSA) is 29.5 Å². The molecule has 0 heterocycles. The van der Waals surface area contributed by atoms with Gasteiger partial charge in [-0.05, 0) is 32.0 Å². The van der Waals surface area contributed by atoms with E-state index in [1.807, 2.05) is 13.1 Å². The van der Waals surface area contributed by atoms with Gasteiger partial charge < -0.3 is 9.33 Å². The van der Waals surface area contributed by atoms with E-state index in [9.17, 15) is 18.0 Å². The molecular formula is C15H28F3NO2Si. The molecule has 0 fully saturated rings. The second-order valence-electron chi connectivity index (χ2n) is 7.14. The molecule has 22 heavy (non-hydrogen) atoms. The molecule has 0 aliphatic rings. The van der Waals surface area contributed by atoms with Crippen LogP contribution in [0.25, 0.3) is 0 Å². The van der Waals surface area contributed by atoms with Crippen LogP contribution in [0.4, 0.5) is 13.2 Å². The Morgan fingerprint density at radius 3 is 2.05 bits per heavy atom. The number of allylic oxidation sites excluding steroid dienone is 1. The van der Waals surface area contributed by atoms with Gasteiger partial charge >= 0.3 is 12.1 Å². The van der Waals surface area contributed by atoms with Gasteiger partial charge in [0, 0.05) is 13.1 Å². The van der Waals surface area contributed by atoms with Crippen molar-refractivity contribution in [2.75, 3.05) is 19.7 Å². The second-order valence-corrected chi connectivity index (χ2v) is 11.9. The molecule has 0 aromatic carbocycles. The molecular weight excluding hydrogens is 311 g/mol. The first-order valence-electron chi connectivity index (χ1n) is 7.32. The van der Waals surface area contributed by atoms with E-state index in [2.05, 4.69) is 20.8 Å². The standard InChI is InChI=1S/C15H28F3NO2Si/c1-12(2)8-9-19(13(20)15(16,17)18)10-11-21-22(6,7)14(3,4)5/h8H,9-11H2,1-7H3. The van der Waals surface area contributed by atoms with Gasteiger partial charge in [-0.15, -0.1) is 0 Å². The number of nitrogens with zero attached hydrogens (tertiary/aromatic N) is 1. The average molecular weight is 339 g/mol. The van der Waals surface area contributed by atoms with Gasteiger partial charge in [-0.2, -0.15) is 13.2 Å². The third-order valence-corrected chi connectivity index (χ3v) is 8.42. The minimum absolute atomic E-state index is 0.0220. The Morgan fingerprint density at radius 1 is 1.18 bits per heavy atom. The number of hydrogen-bond donors (Lipinski definition) is 0. The fourth-order valence-corrected chi connectivity index (χ4v) is 2.41. The zero-order chi connectivity index (χ0) is 17.8. The van der Waals surface area contributed by atoms with Crippen LogP contribution in [-0.4, -0.2) is 45.0 Å². The zero-order valence-electron chi connectivity index (χ0n) is 14.6. The van der Waals surface area contributed by atoms with Crippen molar-refractivity contribution >= 4 is 14.2 Å². The summed E-state index contributed by atoms with van der Waals surface area (Å²) in [5.74, 6) is -1.82. The van der Waals surface area contributed by atoms with Crippen LogP contribution in [-0.2, 0) is 9.22 Å². The van der Waals surface area contributed by atoms with Crippen molar-refractivity contribution in [3.63, 3.8) is 0 Å². The smallest absolute Gasteiger partial charge is 0.415 e. The van der Waals surface area contributed by atoms with Gasteiger partial charge in [0.15, 0.2) is 8.32 Å². The van der Waals surface area contributed by atoms with Gasteiger partial charge in [-0.3, -0.25) is 4.79 Å². The molecule has 3 nitrogen and oxygen atoms in total. The van der Waals surface area contributed by atoms with Crippen LogP contribution in [0, 0.1) is 0 Å². The Labute approximate surface area is 132 Å². The minimum atomic E-state index is -4.85. The average Bonchev–Trinajstić information content (AvgIpc) is 2.29. The first kappa shape index (κ1) is 21.2. The summed E-state index contributed by atoms with van der Waals surface area (Å²) in [6.45, 7) is 13.8. The largest absolute Gasteiger partial charge is 0.471 e. The summed E-state index contributed by atoms with van der Waals surface area (Å²) in [5, 5.41) is -0.0220. The zero-order valence-corrected chi connectivity index (χ0v) is 15.6. The lowest BCUT2D eigenvalue weighted by Crippen LogP contribution is -2.46. The molecule has 0 bridgehead atoms. The van der Waals surface area contributed by atoms with E-state index in [-0.39, 0.29) is 24.7 Å². The molecule has 0 unspecified atom stereocenters. The molecule has 0 radical (unpaired) electrons. The predicted molar refractivity (Wildman–Crippen MR) is 85.2 cm³/mol. The molecule has 130 valence electrons. The molecule has 0 aromatic heterocycles. The van der Waals surface area contributed by atoms with E-state index in [0.29, 0.717) is 0 Å². The van der Waals surface area contributed by atoms with E-state index < -0.39 is 20.4 Å². The number of carbonyl (C=O) groups is 1. The van der Waals surface area contributed by atoms with E-state index in [0.717, 1.165) is 10.5 Å². The molecule has 0 atom stereocenters. The van der Waals surface area contributed by atoms with E-state index in [4.69, 9.17) is 4.43 Å². The minimum Gasteiger partial charge on any atom is -0.415 e. The third-order valence-electron chi connectivity index (χ3n) is 3.88. The molecule has 7 heteroatoms. The lowest BCUT2D eigenvalue weighted by molar-refractivity contribution is -0.185. The van der Waals surface area contributed by atoms with Gasteiger partial charge in [0.2, 0.25) is 0 Å². The van der Waals surface area contributed by atoms with Crippen LogP contribution >= 0.6 is 0 Å². The Morgan fingerprint density at radius 2 is 1.68 bits per heavy atom. The summed E-state index contributed by atoms with van der Waals surface area (Å²) in [7, 11) is -2.03. The van der Waals surface area contributed by atoms with Gasteiger partial charge in [0.25, 0.3) is 0 Å². The van der Waals surface area contributed by atoms with Crippen LogP contribution in [0.5, 0.6) is 0 Å². The van der Waals surface area contributed by atoms with Gasteiger partial charge in [0.05, 0.1) is 6.61 Å². The number of carbonyl (C=O) groups excluding carboxylic acids is 1. The molecule has 0 aliphatic heterocycles. The van der Waals surface area contributed by atoms with Crippen molar-refractivity contribution in [2.24, 2.45) is 0 Å². The molecule has 0 saturated heterocycles. The first-order chi connectivity index (χ1) is 9.68. The summed E-state index contributed by atoms with van der Waals surface area (Å²) < 4.78 is 43.7. The highest BCUT2D eigenvalue weighted by molar-refractivity contribution is 6.74. The Bertz CT molecular complexity index is 408. The number of halogens is 3. The van der Waals surface area contributed by atoms with Crippen molar-refractivity contribution in [2.45, 2.75) is 58.9 Å². The van der Waals surface area contributed by atoms with Crippen LogP contribution < -0.4 is 0 Å². The number of hydrogen-bond acceptors (Lipinski definition) is 2. The summed E-state index contributed by atoms with van der Waals surface area (Å²) >= 11 is 0. The maximum absolute atomic E-state index is 12.6. The Hall–Kier alpha value is -0.823. The van der Waals surface area contributed by atoms with Crippen LogP contribution in [0.3, 0.4) is 0 Å². The highest BCUT2D eigenvalue weighted by atomic mass is 28.4. The van der Waals surface area contributed by atoms with E-state index >= 15 is 0 Å². The number of rotatable bonds is 6. The molecule has 0 rings (SSSR count). The van der Waals surface area contributed by atoms with Crippen LogP contribution in [0.15, 0.2) is 11.6 Å². The molecule has 1 amide bonds. The maximum atomic E-state index is 12.6. The molecule has 0 aliphatic carbocycles. The number of amides is 1. The van der Waals surface area contributed by atoms with Crippen LogP contribution in [0.1, 0.15) is 34.6 Å². The third kappa shape index (κ3) is 6.96. The van der Waals surface area contributed by atoms with Gasteiger partial charge in [-0.25, -0.2) is 0 Å². The molecule has 0 aromatic rings. The maximum Gasteiger partial charge on any atom is 0.471 e. The van der Waals surface area contributed by atoms with Crippen molar-refractivity contribution in [1.82, 2.24) is 4.90 Å². The van der Waals surface area contributed by atoms with Gasteiger partial charge in [0.1, 0.15) is 0 Å². The fourth-order valence-electron chi connectivity index (χ4n) is 1.38. The summed E-state index contributed by atoms with van der Waals surface area (Å²) in [6.07, 6.45) is -3.25. The SMILES string of the molecule is CC(C)=CCN(CCO[Si](C)(C)C(C)(C)C)C(=O)C(F)(F)F. The van der Waals surface area contributed by atoms with Crippen molar-refractivity contribution in [3.8, 4) is 0 Å². The highest BCUT2D eigenvalue weighted by Crippen LogP contribution is 2.36. The Balaban J connectivity index is 4.81. The first-order valence-corrected chi connectivity index (χ1v) is 10.2. The monoisotopic (exact) mass is 339 g/mol. The highest BCUT2D eigenvalue weighted by Gasteiger charge is 2.42. The summed E-state index contributed by atoms with van der Waals surface area (Å²) in [5.41, 5.74) is 0.866. The normalized spacial score (nSPS) is 13.0. The number of alkyl halides is 3. The van der Waals surface area contributed by atoms with Crippen molar-refractivity contribution in [1.29, 1.82) is 0 Å². The molecule has 0 spiro atoms. The van der Waals surface area contributed by atoms with Crippen molar-refractivity contribution < 1.29 is 22.4 Å². The lowest BCUT2D eigenvalue weighted by Gasteiger charge is -2.36. The predicted octanol–water partition coefficient (Wildman–Crippen LogP) is 4.37. The van der Waals surface area contributed by atoms with Crippen LogP contribution in [0.2, 0.25) is 18.1 Å². The van der Waals surface area contributed by atoms with E-state index in [1.165, 1.54) is 0 Å². The summed E-state index contributed by atoms with van der Waals surface area (Å²) in [4.78, 5) is 12.2. The quantitative estimate of drug-likeness (QED) is 0.531. The second kappa shape index (κ2) is 7.63. The fraction of sp³-hybridized carbons (Fsp3) is 0.800.